The van der Waals surface area contributed by atoms with Crippen molar-refractivity contribution in [1.29, 1.82) is 0 Å². The first-order valence-corrected chi connectivity index (χ1v) is 5.74. The number of ether oxygens (including phenoxy) is 1. The molecule has 0 spiro atoms. The Morgan fingerprint density at radius 1 is 1.18 bits per heavy atom. The van der Waals surface area contributed by atoms with Gasteiger partial charge >= 0.3 is 0 Å². The number of benzene rings is 1. The lowest BCUT2D eigenvalue weighted by atomic mass is 10.0. The van der Waals surface area contributed by atoms with Crippen molar-refractivity contribution in [2.45, 2.75) is 12.8 Å². The molecule has 2 heterocycles. The quantitative estimate of drug-likeness (QED) is 0.736. The first-order chi connectivity index (χ1) is 8.36. The van der Waals surface area contributed by atoms with Gasteiger partial charge in [-0.2, -0.15) is 0 Å². The summed E-state index contributed by atoms with van der Waals surface area (Å²) >= 11 is 0. The van der Waals surface area contributed by atoms with E-state index < -0.39 is 0 Å². The molecule has 0 bridgehead atoms. The first-order valence-electron chi connectivity index (χ1n) is 5.74. The summed E-state index contributed by atoms with van der Waals surface area (Å²) in [5.41, 5.74) is 3.52. The maximum absolute atomic E-state index is 5.86. The van der Waals surface area contributed by atoms with Gasteiger partial charge in [0.2, 0.25) is 5.88 Å². The summed E-state index contributed by atoms with van der Waals surface area (Å²) in [4.78, 5) is 4.28. The summed E-state index contributed by atoms with van der Waals surface area (Å²) in [5.74, 6) is 1.64. The Labute approximate surface area is 101 Å². The van der Waals surface area contributed by atoms with Crippen LogP contribution in [0.2, 0.25) is 0 Å². The van der Waals surface area contributed by atoms with Gasteiger partial charge in [0.1, 0.15) is 5.75 Å². The molecular formula is C15H13NO. The molecule has 1 aromatic heterocycles. The number of hydrogen-bond acceptors (Lipinski definition) is 2. The standard InChI is InChI=1S/C15H13NO/c1-2-11-5-8-14-13(10-11)7-6-12-4-3-9-16-15(12)17-14/h2-5,8-10H,1,6-7H2. The summed E-state index contributed by atoms with van der Waals surface area (Å²) in [7, 11) is 0. The second-order valence-electron chi connectivity index (χ2n) is 4.14. The molecule has 2 aromatic rings. The third-order valence-corrected chi connectivity index (χ3v) is 3.04. The Morgan fingerprint density at radius 2 is 2.06 bits per heavy atom. The van der Waals surface area contributed by atoms with E-state index in [0.29, 0.717) is 0 Å². The smallest absolute Gasteiger partial charge is 0.222 e. The zero-order valence-electron chi connectivity index (χ0n) is 9.52. The van der Waals surface area contributed by atoms with Gasteiger partial charge in [-0.05, 0) is 42.2 Å². The second-order valence-corrected chi connectivity index (χ2v) is 4.14. The van der Waals surface area contributed by atoms with Crippen LogP contribution in [0, 0.1) is 0 Å². The molecule has 0 atom stereocenters. The highest BCUT2D eigenvalue weighted by Crippen LogP contribution is 2.32. The number of nitrogens with zero attached hydrogens (tertiary/aromatic N) is 1. The average Bonchev–Trinajstić information content (AvgIpc) is 2.57. The molecule has 84 valence electrons. The molecule has 17 heavy (non-hydrogen) atoms. The van der Waals surface area contributed by atoms with E-state index in [1.54, 1.807) is 6.20 Å². The van der Waals surface area contributed by atoms with Crippen molar-refractivity contribution in [3.05, 3.63) is 59.8 Å². The molecule has 0 saturated heterocycles. The van der Waals surface area contributed by atoms with E-state index >= 15 is 0 Å². The van der Waals surface area contributed by atoms with Crippen molar-refractivity contribution in [3.8, 4) is 11.6 Å². The zero-order valence-corrected chi connectivity index (χ0v) is 9.52. The van der Waals surface area contributed by atoms with E-state index in [2.05, 4.69) is 23.7 Å². The molecule has 0 radical (unpaired) electrons. The van der Waals surface area contributed by atoms with E-state index in [-0.39, 0.29) is 0 Å². The topological polar surface area (TPSA) is 22.1 Å². The molecule has 0 fully saturated rings. The van der Waals surface area contributed by atoms with Crippen LogP contribution < -0.4 is 4.74 Å². The lowest BCUT2D eigenvalue weighted by molar-refractivity contribution is 0.459. The van der Waals surface area contributed by atoms with E-state index in [9.17, 15) is 0 Å². The van der Waals surface area contributed by atoms with Crippen molar-refractivity contribution >= 4 is 6.08 Å². The molecule has 1 aromatic carbocycles. The largest absolute Gasteiger partial charge is 0.438 e. The predicted molar refractivity (Wildman–Crippen MR) is 68.3 cm³/mol. The van der Waals surface area contributed by atoms with Crippen molar-refractivity contribution in [2.75, 3.05) is 0 Å². The van der Waals surface area contributed by atoms with Gasteiger partial charge < -0.3 is 4.74 Å². The van der Waals surface area contributed by atoms with Gasteiger partial charge in [-0.25, -0.2) is 4.98 Å². The first kappa shape index (κ1) is 10.1. The summed E-state index contributed by atoms with van der Waals surface area (Å²) < 4.78 is 5.86. The van der Waals surface area contributed by atoms with Crippen LogP contribution in [0.1, 0.15) is 16.7 Å². The maximum Gasteiger partial charge on any atom is 0.222 e. The molecule has 2 nitrogen and oxygen atoms in total. The lowest BCUT2D eigenvalue weighted by Crippen LogP contribution is -1.90. The summed E-state index contributed by atoms with van der Waals surface area (Å²) in [6.45, 7) is 3.79. The van der Waals surface area contributed by atoms with Crippen molar-refractivity contribution < 1.29 is 4.74 Å². The van der Waals surface area contributed by atoms with Crippen LogP contribution in [0.3, 0.4) is 0 Å². The van der Waals surface area contributed by atoms with Crippen LogP contribution >= 0.6 is 0 Å². The van der Waals surface area contributed by atoms with Crippen molar-refractivity contribution in [3.63, 3.8) is 0 Å². The van der Waals surface area contributed by atoms with Gasteiger partial charge in [-0.1, -0.05) is 24.8 Å². The Morgan fingerprint density at radius 3 is 2.94 bits per heavy atom. The third-order valence-electron chi connectivity index (χ3n) is 3.04. The van der Waals surface area contributed by atoms with Crippen LogP contribution in [0.15, 0.2) is 43.1 Å². The van der Waals surface area contributed by atoms with Crippen LogP contribution in [-0.2, 0) is 12.8 Å². The molecule has 3 rings (SSSR count). The minimum absolute atomic E-state index is 0.734. The van der Waals surface area contributed by atoms with Gasteiger partial charge in [-0.15, -0.1) is 0 Å². The Hall–Kier alpha value is -2.09. The highest BCUT2D eigenvalue weighted by Gasteiger charge is 2.14. The fourth-order valence-corrected chi connectivity index (χ4v) is 2.10. The second kappa shape index (κ2) is 4.06. The number of fused-ring (bicyclic) bond motifs is 2. The Kier molecular flexibility index (Phi) is 2.41. The van der Waals surface area contributed by atoms with Crippen LogP contribution in [0.25, 0.3) is 6.08 Å². The lowest BCUT2D eigenvalue weighted by Gasteiger charge is -2.07. The fourth-order valence-electron chi connectivity index (χ4n) is 2.10. The zero-order chi connectivity index (χ0) is 11.7. The fraction of sp³-hybridized carbons (Fsp3) is 0.133. The monoisotopic (exact) mass is 223 g/mol. The molecule has 1 aliphatic rings. The predicted octanol–water partition coefficient (Wildman–Crippen LogP) is 3.62. The van der Waals surface area contributed by atoms with Gasteiger partial charge in [0.05, 0.1) is 0 Å². The number of aryl methyl sites for hydroxylation is 2. The molecule has 0 saturated carbocycles. The summed E-state index contributed by atoms with van der Waals surface area (Å²) in [5, 5.41) is 0. The number of pyridine rings is 1. The summed E-state index contributed by atoms with van der Waals surface area (Å²) in [6, 6.07) is 10.2. The molecular weight excluding hydrogens is 210 g/mol. The Bertz CT molecular complexity index is 575. The number of hydrogen-bond donors (Lipinski definition) is 0. The molecule has 0 amide bonds. The van der Waals surface area contributed by atoms with E-state index in [1.807, 2.05) is 24.3 Å². The van der Waals surface area contributed by atoms with E-state index in [4.69, 9.17) is 4.74 Å². The van der Waals surface area contributed by atoms with Gasteiger partial charge in [-0.3, -0.25) is 0 Å². The van der Waals surface area contributed by atoms with Crippen molar-refractivity contribution in [1.82, 2.24) is 4.98 Å². The Balaban J connectivity index is 2.06. The van der Waals surface area contributed by atoms with E-state index in [0.717, 1.165) is 30.0 Å². The van der Waals surface area contributed by atoms with Crippen molar-refractivity contribution in [2.24, 2.45) is 0 Å². The molecule has 0 unspecified atom stereocenters. The van der Waals surface area contributed by atoms with Crippen LogP contribution in [0.4, 0.5) is 0 Å². The van der Waals surface area contributed by atoms with Crippen LogP contribution in [-0.4, -0.2) is 4.98 Å². The normalized spacial score (nSPS) is 12.9. The molecule has 0 N–H and O–H groups in total. The molecule has 0 aliphatic carbocycles. The minimum Gasteiger partial charge on any atom is -0.438 e. The number of aromatic nitrogens is 1. The SMILES string of the molecule is C=Cc1ccc2c(c1)CCc1cccnc1O2. The third kappa shape index (κ3) is 1.82. The van der Waals surface area contributed by atoms with Crippen LogP contribution in [0.5, 0.6) is 11.6 Å². The van der Waals surface area contributed by atoms with Gasteiger partial charge in [0.25, 0.3) is 0 Å². The van der Waals surface area contributed by atoms with E-state index in [1.165, 1.54) is 11.1 Å². The highest BCUT2D eigenvalue weighted by atomic mass is 16.5. The minimum atomic E-state index is 0.734. The highest BCUT2D eigenvalue weighted by molar-refractivity contribution is 5.53. The summed E-state index contributed by atoms with van der Waals surface area (Å²) in [6.07, 6.45) is 5.57. The molecule has 1 aliphatic heterocycles. The average molecular weight is 223 g/mol. The van der Waals surface area contributed by atoms with Gasteiger partial charge in [0, 0.05) is 11.8 Å². The van der Waals surface area contributed by atoms with Gasteiger partial charge in [0.15, 0.2) is 0 Å². The number of rotatable bonds is 1. The maximum atomic E-state index is 5.86. The molecule has 2 heteroatoms.